The van der Waals surface area contributed by atoms with Gasteiger partial charge in [0.1, 0.15) is 12.4 Å². The lowest BCUT2D eigenvalue weighted by Crippen LogP contribution is -2.54. The molecule has 0 bridgehead atoms. The minimum absolute atomic E-state index is 0.00414. The summed E-state index contributed by atoms with van der Waals surface area (Å²) in [5.74, 6) is 0.734. The van der Waals surface area contributed by atoms with Gasteiger partial charge in [-0.1, -0.05) is 63.8 Å². The smallest absolute Gasteiger partial charge is 0.192 e. The number of hydrogen-bond acceptors (Lipinski definition) is 6. The second kappa shape index (κ2) is 16.4. The second-order valence-corrected chi connectivity index (χ2v) is 18.9. The van der Waals surface area contributed by atoms with Crippen molar-refractivity contribution in [3.05, 3.63) is 72.5 Å². The van der Waals surface area contributed by atoms with Crippen LogP contribution in [0.4, 0.5) is 5.69 Å². The van der Waals surface area contributed by atoms with Crippen LogP contribution in [0.2, 0.25) is 18.1 Å². The molecule has 1 aromatic rings. The largest absolute Gasteiger partial charge is 0.491 e. The van der Waals surface area contributed by atoms with E-state index < -0.39 is 24.1 Å². The summed E-state index contributed by atoms with van der Waals surface area (Å²) in [6, 6.07) is 7.17. The number of benzene rings is 1. The molecule has 1 aromatic carbocycles. The Labute approximate surface area is 246 Å². The van der Waals surface area contributed by atoms with E-state index in [9.17, 15) is 9.42 Å². The van der Waals surface area contributed by atoms with E-state index in [0.717, 1.165) is 23.0 Å². The van der Waals surface area contributed by atoms with Crippen molar-refractivity contribution in [2.45, 2.75) is 96.3 Å². The van der Waals surface area contributed by atoms with Gasteiger partial charge in [0.15, 0.2) is 8.32 Å². The first-order valence-electron chi connectivity index (χ1n) is 13.8. The van der Waals surface area contributed by atoms with Gasteiger partial charge in [-0.05, 0) is 88.5 Å². The van der Waals surface area contributed by atoms with E-state index in [2.05, 4.69) is 51.2 Å². The lowest BCUT2D eigenvalue weighted by Gasteiger charge is -2.41. The molecule has 0 fully saturated rings. The molecule has 0 aromatic heterocycles. The van der Waals surface area contributed by atoms with E-state index >= 15 is 0 Å². The van der Waals surface area contributed by atoms with Crippen molar-refractivity contribution in [1.82, 2.24) is 4.72 Å². The standard InChI is InChI=1S/C31H52N2O5SSi/c1-12-14-18-27(13-2)37-24-29(38-40(10,11)31(6,7)8)28(32-39(35)30(3,4)5)19-16-15-17-25-20-22-26(23-21-25)33(34)36-9/h12-15,17-18,20-23,28-29,32,34H,1,16,19,24H2,2-11H3. The number of rotatable bonds is 16. The van der Waals surface area contributed by atoms with E-state index in [1.165, 1.54) is 7.11 Å². The van der Waals surface area contributed by atoms with Gasteiger partial charge < -0.3 is 9.16 Å². The normalized spacial score (nSPS) is 15.8. The fourth-order valence-corrected chi connectivity index (χ4v) is 5.55. The zero-order valence-corrected chi connectivity index (χ0v) is 28.0. The molecule has 226 valence electrons. The molecule has 0 amide bonds. The third kappa shape index (κ3) is 12.2. The minimum atomic E-state index is -2.18. The quantitative estimate of drug-likeness (QED) is 0.0886. The summed E-state index contributed by atoms with van der Waals surface area (Å²) < 4.78 is 29.4. The summed E-state index contributed by atoms with van der Waals surface area (Å²) in [5.41, 5.74) is 1.54. The molecule has 0 heterocycles. The third-order valence-corrected chi connectivity index (χ3v) is 13.0. The molecule has 9 heteroatoms. The van der Waals surface area contributed by atoms with Gasteiger partial charge in [0, 0.05) is 6.04 Å². The second-order valence-electron chi connectivity index (χ2n) is 12.1. The van der Waals surface area contributed by atoms with Crippen molar-refractivity contribution in [3.8, 4) is 0 Å². The SMILES string of the molecule is C=CC=CC(=CC)OCC(O[Si](C)(C)C(C)(C)C)C(CCC=Cc1ccc(N(O)OC)cc1)NS(=O)C(C)(C)C. The zero-order valence-electron chi connectivity index (χ0n) is 26.2. The molecule has 0 aliphatic rings. The van der Waals surface area contributed by atoms with Crippen molar-refractivity contribution in [2.24, 2.45) is 0 Å². The van der Waals surface area contributed by atoms with E-state index in [4.69, 9.17) is 14.0 Å². The monoisotopic (exact) mass is 592 g/mol. The average molecular weight is 593 g/mol. The minimum Gasteiger partial charge on any atom is -0.491 e. The van der Waals surface area contributed by atoms with Crippen molar-refractivity contribution in [2.75, 3.05) is 18.9 Å². The summed E-state index contributed by atoms with van der Waals surface area (Å²) in [7, 11) is -2.06. The molecule has 0 spiro atoms. The maximum Gasteiger partial charge on any atom is 0.192 e. The molecule has 1 rings (SSSR count). The van der Waals surface area contributed by atoms with E-state index in [1.54, 1.807) is 18.2 Å². The Morgan fingerprint density at radius 2 is 1.80 bits per heavy atom. The molecular formula is C31H52N2O5SSi. The predicted molar refractivity (Wildman–Crippen MR) is 172 cm³/mol. The number of nitrogens with one attached hydrogen (secondary N) is 1. The summed E-state index contributed by atoms with van der Waals surface area (Å²) in [4.78, 5) is 4.80. The summed E-state index contributed by atoms with van der Waals surface area (Å²) in [6.45, 7) is 23.0. The van der Waals surface area contributed by atoms with Crippen LogP contribution in [0.1, 0.15) is 66.9 Å². The number of nitrogens with zero attached hydrogens (tertiary/aromatic N) is 1. The zero-order chi connectivity index (χ0) is 30.6. The highest BCUT2D eigenvalue weighted by Gasteiger charge is 2.41. The Bertz CT molecular complexity index is 1020. The predicted octanol–water partition coefficient (Wildman–Crippen LogP) is 7.71. The van der Waals surface area contributed by atoms with Gasteiger partial charge in [0.05, 0.1) is 34.6 Å². The Balaban J connectivity index is 3.23. The van der Waals surface area contributed by atoms with Crippen LogP contribution in [0.15, 0.2) is 67.0 Å². The highest BCUT2D eigenvalue weighted by molar-refractivity contribution is 7.84. The van der Waals surface area contributed by atoms with Gasteiger partial charge in [-0.25, -0.2) is 8.93 Å². The van der Waals surface area contributed by atoms with Gasteiger partial charge in [0.25, 0.3) is 0 Å². The van der Waals surface area contributed by atoms with Crippen LogP contribution in [0.25, 0.3) is 6.08 Å². The van der Waals surface area contributed by atoms with Crippen LogP contribution in [-0.2, 0) is 25.0 Å². The first-order chi connectivity index (χ1) is 18.6. The number of allylic oxidation sites excluding steroid dienone is 5. The molecule has 2 N–H and O–H groups in total. The Hall–Kier alpha value is -2.01. The van der Waals surface area contributed by atoms with Gasteiger partial charge >= 0.3 is 0 Å². The molecule has 3 unspecified atom stereocenters. The third-order valence-electron chi connectivity index (χ3n) is 6.85. The Kier molecular flexibility index (Phi) is 14.8. The van der Waals surface area contributed by atoms with Gasteiger partial charge in [-0.15, -0.1) is 5.23 Å². The average Bonchev–Trinajstić information content (AvgIpc) is 2.88. The molecule has 0 radical (unpaired) electrons. The molecule has 3 atom stereocenters. The van der Waals surface area contributed by atoms with Crippen molar-refractivity contribution in [1.29, 1.82) is 0 Å². The Morgan fingerprint density at radius 3 is 2.30 bits per heavy atom. The molecular weight excluding hydrogens is 541 g/mol. The van der Waals surface area contributed by atoms with Crippen LogP contribution in [-0.4, -0.2) is 48.3 Å². The number of ether oxygens (including phenoxy) is 1. The summed E-state index contributed by atoms with van der Waals surface area (Å²) >= 11 is 0. The highest BCUT2D eigenvalue weighted by Crippen LogP contribution is 2.38. The fourth-order valence-electron chi connectivity index (χ4n) is 3.30. The van der Waals surface area contributed by atoms with Gasteiger partial charge in [-0.3, -0.25) is 10.0 Å². The molecule has 7 nitrogen and oxygen atoms in total. The van der Waals surface area contributed by atoms with Crippen LogP contribution >= 0.6 is 0 Å². The maximum absolute atomic E-state index is 13.3. The van der Waals surface area contributed by atoms with Gasteiger partial charge in [-0.2, -0.15) is 0 Å². The molecule has 0 aliphatic heterocycles. The Morgan fingerprint density at radius 1 is 1.18 bits per heavy atom. The van der Waals surface area contributed by atoms with E-state index in [-0.39, 0.29) is 17.2 Å². The van der Waals surface area contributed by atoms with Crippen LogP contribution < -0.4 is 9.95 Å². The molecule has 0 aliphatic carbocycles. The number of anilines is 1. The molecule has 0 saturated heterocycles. The maximum atomic E-state index is 13.3. The summed E-state index contributed by atoms with van der Waals surface area (Å²) in [5, 5.41) is 10.4. The highest BCUT2D eigenvalue weighted by atomic mass is 32.2. The molecule has 40 heavy (non-hydrogen) atoms. The van der Waals surface area contributed by atoms with E-state index in [0.29, 0.717) is 18.7 Å². The number of hydrogen-bond donors (Lipinski definition) is 2. The first-order valence-corrected chi connectivity index (χ1v) is 17.8. The van der Waals surface area contributed by atoms with Crippen LogP contribution in [0.3, 0.4) is 0 Å². The van der Waals surface area contributed by atoms with Crippen molar-refractivity contribution in [3.63, 3.8) is 0 Å². The molecule has 0 saturated carbocycles. The van der Waals surface area contributed by atoms with Crippen molar-refractivity contribution >= 4 is 31.1 Å². The van der Waals surface area contributed by atoms with E-state index in [1.807, 2.05) is 64.1 Å². The lowest BCUT2D eigenvalue weighted by atomic mass is 10.1. The lowest BCUT2D eigenvalue weighted by molar-refractivity contribution is -0.0109. The topological polar surface area (TPSA) is 80.3 Å². The fraction of sp³-hybridized carbons (Fsp3) is 0.548. The van der Waals surface area contributed by atoms with Crippen molar-refractivity contribution < 1.29 is 23.4 Å². The first kappa shape index (κ1) is 36.0. The van der Waals surface area contributed by atoms with Gasteiger partial charge in [0.2, 0.25) is 0 Å². The summed E-state index contributed by atoms with van der Waals surface area (Å²) in [6.07, 6.45) is 12.6. The van der Waals surface area contributed by atoms with Crippen LogP contribution in [0.5, 0.6) is 0 Å². The van der Waals surface area contributed by atoms with Crippen LogP contribution in [0, 0.1) is 0 Å².